The number of carbonyl (C=O) groups is 1. The van der Waals surface area contributed by atoms with Crippen LogP contribution in [0.25, 0.3) is 0 Å². The fraction of sp³-hybridized carbons (Fsp3) is 0.222. The van der Waals surface area contributed by atoms with Crippen molar-refractivity contribution in [3.8, 4) is 23.3 Å². The van der Waals surface area contributed by atoms with Gasteiger partial charge in [0.15, 0.2) is 6.61 Å². The van der Waals surface area contributed by atoms with Crippen molar-refractivity contribution < 1.29 is 19.0 Å². The van der Waals surface area contributed by atoms with Gasteiger partial charge in [-0.1, -0.05) is 6.07 Å². The summed E-state index contributed by atoms with van der Waals surface area (Å²) < 4.78 is 15.6. The summed E-state index contributed by atoms with van der Waals surface area (Å²) in [6.45, 7) is -0.0109. The summed E-state index contributed by atoms with van der Waals surface area (Å²) in [4.78, 5) is 12.2. The van der Waals surface area contributed by atoms with Gasteiger partial charge in [-0.3, -0.25) is 4.79 Å². The van der Waals surface area contributed by atoms with E-state index in [0.717, 1.165) is 5.56 Å². The molecular weight excluding hydrogens is 308 g/mol. The van der Waals surface area contributed by atoms with Gasteiger partial charge in [0.25, 0.3) is 0 Å². The summed E-state index contributed by atoms with van der Waals surface area (Å²) in [5, 5.41) is 11.3. The third-order valence-corrected chi connectivity index (χ3v) is 3.29. The highest BCUT2D eigenvalue weighted by molar-refractivity contribution is 5.92. The largest absolute Gasteiger partial charge is 0.497 e. The first kappa shape index (κ1) is 17.2. The molecule has 0 saturated heterocycles. The third kappa shape index (κ3) is 4.65. The predicted octanol–water partition coefficient (Wildman–Crippen LogP) is 2.79. The monoisotopic (exact) mass is 326 g/mol. The summed E-state index contributed by atoms with van der Waals surface area (Å²) in [5.74, 6) is 1.68. The molecule has 0 radical (unpaired) electrons. The molecule has 0 heterocycles. The molecule has 24 heavy (non-hydrogen) atoms. The highest BCUT2D eigenvalue weighted by Crippen LogP contribution is 2.25. The zero-order valence-electron chi connectivity index (χ0n) is 13.5. The molecule has 6 heteroatoms. The van der Waals surface area contributed by atoms with E-state index in [9.17, 15) is 4.79 Å². The van der Waals surface area contributed by atoms with E-state index in [1.54, 1.807) is 56.7 Å². The maximum absolute atomic E-state index is 12.2. The fourth-order valence-corrected chi connectivity index (χ4v) is 2.13. The van der Waals surface area contributed by atoms with Gasteiger partial charge >= 0.3 is 0 Å². The Bertz CT molecular complexity index is 736. The van der Waals surface area contributed by atoms with Gasteiger partial charge in [-0.05, 0) is 30.3 Å². The normalized spacial score (nSPS) is 9.71. The lowest BCUT2D eigenvalue weighted by Crippen LogP contribution is -2.14. The van der Waals surface area contributed by atoms with Crippen LogP contribution >= 0.6 is 0 Å². The second-order valence-electron chi connectivity index (χ2n) is 4.87. The Balaban J connectivity index is 1.99. The molecule has 0 aliphatic carbocycles. The molecule has 6 nitrogen and oxygen atoms in total. The summed E-state index contributed by atoms with van der Waals surface area (Å²) >= 11 is 0. The maximum atomic E-state index is 12.2. The van der Waals surface area contributed by atoms with Crippen molar-refractivity contribution in [1.82, 2.24) is 0 Å². The number of methoxy groups -OCH3 is 2. The Morgan fingerprint density at radius 1 is 1.08 bits per heavy atom. The molecule has 1 N–H and O–H groups in total. The van der Waals surface area contributed by atoms with Crippen LogP contribution in [-0.4, -0.2) is 26.7 Å². The van der Waals surface area contributed by atoms with Crippen LogP contribution in [0.5, 0.6) is 17.2 Å². The smallest absolute Gasteiger partial charge is 0.228 e. The molecule has 1 amide bonds. The summed E-state index contributed by atoms with van der Waals surface area (Å²) in [7, 11) is 3.13. The van der Waals surface area contributed by atoms with Crippen LogP contribution in [0.2, 0.25) is 0 Å². The number of nitrogens with one attached hydrogen (secondary N) is 1. The van der Waals surface area contributed by atoms with Crippen LogP contribution in [-0.2, 0) is 11.2 Å². The summed E-state index contributed by atoms with van der Waals surface area (Å²) in [5.41, 5.74) is 1.42. The Morgan fingerprint density at radius 3 is 2.42 bits per heavy atom. The van der Waals surface area contributed by atoms with Crippen LogP contribution in [0, 0.1) is 11.3 Å². The van der Waals surface area contributed by atoms with E-state index < -0.39 is 0 Å². The first-order chi connectivity index (χ1) is 11.7. The fourth-order valence-electron chi connectivity index (χ4n) is 2.13. The first-order valence-electron chi connectivity index (χ1n) is 7.27. The molecule has 0 aromatic heterocycles. The average Bonchev–Trinajstić information content (AvgIpc) is 2.61. The van der Waals surface area contributed by atoms with Crippen LogP contribution in [0.15, 0.2) is 42.5 Å². The molecule has 2 aromatic carbocycles. The quantitative estimate of drug-likeness (QED) is 0.846. The summed E-state index contributed by atoms with van der Waals surface area (Å²) in [6, 6.07) is 14.0. The van der Waals surface area contributed by atoms with Crippen molar-refractivity contribution in [3.63, 3.8) is 0 Å². The minimum absolute atomic E-state index is 0.0109. The molecule has 0 atom stereocenters. The molecule has 0 aliphatic rings. The molecule has 0 fully saturated rings. The van der Waals surface area contributed by atoms with E-state index in [2.05, 4.69) is 5.32 Å². The van der Waals surface area contributed by atoms with E-state index in [-0.39, 0.29) is 18.9 Å². The van der Waals surface area contributed by atoms with Crippen LogP contribution < -0.4 is 19.5 Å². The van der Waals surface area contributed by atoms with Gasteiger partial charge in [-0.15, -0.1) is 0 Å². The highest BCUT2D eigenvalue weighted by Gasteiger charge is 2.10. The lowest BCUT2D eigenvalue weighted by molar-refractivity contribution is -0.115. The molecule has 0 saturated carbocycles. The van der Waals surface area contributed by atoms with E-state index in [1.807, 2.05) is 6.07 Å². The second-order valence-corrected chi connectivity index (χ2v) is 4.87. The van der Waals surface area contributed by atoms with Crippen molar-refractivity contribution in [3.05, 3.63) is 48.0 Å². The van der Waals surface area contributed by atoms with Crippen LogP contribution in [0.1, 0.15) is 5.56 Å². The molecule has 0 unspecified atom stereocenters. The van der Waals surface area contributed by atoms with Gasteiger partial charge in [0.2, 0.25) is 5.91 Å². The number of benzene rings is 2. The minimum atomic E-state index is -0.163. The summed E-state index contributed by atoms with van der Waals surface area (Å²) in [6.07, 6.45) is 0.180. The van der Waals surface area contributed by atoms with Crippen LogP contribution in [0.4, 0.5) is 5.69 Å². The van der Waals surface area contributed by atoms with Crippen LogP contribution in [0.3, 0.4) is 0 Å². The first-order valence-corrected chi connectivity index (χ1v) is 7.27. The van der Waals surface area contributed by atoms with Crippen molar-refractivity contribution in [2.75, 3.05) is 26.1 Å². The highest BCUT2D eigenvalue weighted by atomic mass is 16.5. The lowest BCUT2D eigenvalue weighted by Gasteiger charge is -2.11. The lowest BCUT2D eigenvalue weighted by atomic mass is 10.1. The Labute approximate surface area is 140 Å². The topological polar surface area (TPSA) is 80.6 Å². The van der Waals surface area contributed by atoms with Gasteiger partial charge < -0.3 is 19.5 Å². The number of hydrogen-bond acceptors (Lipinski definition) is 5. The molecule has 0 spiro atoms. The maximum Gasteiger partial charge on any atom is 0.228 e. The standard InChI is InChI=1S/C18H18N2O4/c1-22-16-6-3-13(17(12-16)23-2)11-18(21)20-14-4-7-15(8-5-14)24-10-9-19/h3-8,12H,10-11H2,1-2H3,(H,20,21). The number of amides is 1. The van der Waals surface area contributed by atoms with Gasteiger partial charge in [0, 0.05) is 17.3 Å². The van der Waals surface area contributed by atoms with Crippen molar-refractivity contribution in [2.24, 2.45) is 0 Å². The number of rotatable bonds is 7. The van der Waals surface area contributed by atoms with Gasteiger partial charge in [0.05, 0.1) is 20.6 Å². The molecule has 2 rings (SSSR count). The van der Waals surface area contributed by atoms with Crippen molar-refractivity contribution in [2.45, 2.75) is 6.42 Å². The minimum Gasteiger partial charge on any atom is -0.497 e. The zero-order chi connectivity index (χ0) is 17.4. The SMILES string of the molecule is COc1ccc(CC(=O)Nc2ccc(OCC#N)cc2)c(OC)c1. The molecule has 2 aromatic rings. The van der Waals surface area contributed by atoms with Crippen molar-refractivity contribution in [1.29, 1.82) is 5.26 Å². The number of anilines is 1. The Morgan fingerprint density at radius 2 is 1.79 bits per heavy atom. The van der Waals surface area contributed by atoms with Crippen molar-refractivity contribution >= 4 is 11.6 Å². The Hall–Kier alpha value is -3.20. The van der Waals surface area contributed by atoms with Gasteiger partial charge in [-0.25, -0.2) is 0 Å². The predicted molar refractivity (Wildman–Crippen MR) is 89.4 cm³/mol. The van der Waals surface area contributed by atoms with E-state index in [1.165, 1.54) is 0 Å². The average molecular weight is 326 g/mol. The molecular formula is C18H18N2O4. The van der Waals surface area contributed by atoms with E-state index in [0.29, 0.717) is 22.9 Å². The third-order valence-electron chi connectivity index (χ3n) is 3.29. The Kier molecular flexibility index (Phi) is 6.03. The van der Waals surface area contributed by atoms with Gasteiger partial charge in [0.1, 0.15) is 23.3 Å². The van der Waals surface area contributed by atoms with E-state index >= 15 is 0 Å². The number of hydrogen-bond donors (Lipinski definition) is 1. The number of nitriles is 1. The number of ether oxygens (including phenoxy) is 3. The molecule has 0 bridgehead atoms. The van der Waals surface area contributed by atoms with E-state index in [4.69, 9.17) is 19.5 Å². The molecule has 0 aliphatic heterocycles. The number of carbonyl (C=O) groups excluding carboxylic acids is 1. The number of nitrogens with zero attached hydrogens (tertiary/aromatic N) is 1. The molecule has 124 valence electrons. The van der Waals surface area contributed by atoms with Gasteiger partial charge in [-0.2, -0.15) is 5.26 Å². The zero-order valence-corrected chi connectivity index (χ0v) is 13.5. The second kappa shape index (κ2) is 8.44.